The molecule has 7 heteroatoms. The highest BCUT2D eigenvalue weighted by Crippen LogP contribution is 2.37. The van der Waals surface area contributed by atoms with Gasteiger partial charge in [-0.15, -0.1) is 6.42 Å². The molecule has 1 aromatic heterocycles. The summed E-state index contributed by atoms with van der Waals surface area (Å²) in [5.74, 6) is 4.31. The van der Waals surface area contributed by atoms with Crippen LogP contribution in [0.2, 0.25) is 0 Å². The monoisotopic (exact) mass is 477 g/mol. The van der Waals surface area contributed by atoms with Crippen molar-refractivity contribution in [2.45, 2.75) is 39.0 Å². The van der Waals surface area contributed by atoms with Crippen LogP contribution in [0, 0.1) is 12.3 Å². The van der Waals surface area contributed by atoms with Gasteiger partial charge in [0.1, 0.15) is 12.3 Å². The number of ether oxygens (including phenoxy) is 3. The maximum Gasteiger partial charge on any atom is 0.222 e. The van der Waals surface area contributed by atoms with E-state index < -0.39 is 6.10 Å². The molecule has 7 nitrogen and oxygen atoms in total. The Kier molecular flexibility index (Phi) is 9.74. The number of benzene rings is 2. The highest BCUT2D eigenvalue weighted by atomic mass is 16.5. The van der Waals surface area contributed by atoms with Gasteiger partial charge in [-0.1, -0.05) is 55.3 Å². The number of rotatable bonds is 13. The number of terminal acetylenes is 1. The van der Waals surface area contributed by atoms with Gasteiger partial charge < -0.3 is 19.3 Å². The highest BCUT2D eigenvalue weighted by molar-refractivity contribution is 5.66. The molecule has 1 heterocycles. The lowest BCUT2D eigenvalue weighted by atomic mass is 10.1. The molecule has 35 heavy (non-hydrogen) atoms. The van der Waals surface area contributed by atoms with Crippen molar-refractivity contribution in [3.8, 4) is 41.0 Å². The molecule has 0 bridgehead atoms. The van der Waals surface area contributed by atoms with E-state index in [9.17, 15) is 5.11 Å². The molecule has 3 rings (SSSR count). The second-order valence-corrected chi connectivity index (χ2v) is 8.43. The summed E-state index contributed by atoms with van der Waals surface area (Å²) >= 11 is 0. The number of hydrogen-bond acceptors (Lipinski definition) is 6. The van der Waals surface area contributed by atoms with Crippen LogP contribution in [0.15, 0.2) is 54.6 Å². The minimum atomic E-state index is -0.673. The number of aromatic nitrogens is 2. The van der Waals surface area contributed by atoms with E-state index in [-0.39, 0.29) is 19.3 Å². The summed E-state index contributed by atoms with van der Waals surface area (Å²) in [5.41, 5.74) is 2.76. The predicted octanol–water partition coefficient (Wildman–Crippen LogP) is 4.50. The molecule has 3 aromatic rings. The van der Waals surface area contributed by atoms with E-state index in [1.54, 1.807) is 11.8 Å². The maximum absolute atomic E-state index is 10.6. The van der Waals surface area contributed by atoms with Gasteiger partial charge in [0.2, 0.25) is 5.88 Å². The van der Waals surface area contributed by atoms with E-state index >= 15 is 0 Å². The van der Waals surface area contributed by atoms with Gasteiger partial charge in [-0.3, -0.25) is 4.90 Å². The summed E-state index contributed by atoms with van der Waals surface area (Å²) < 4.78 is 19.0. The molecule has 0 aliphatic heterocycles. The molecule has 1 N–H and O–H groups in total. The molecule has 0 saturated carbocycles. The van der Waals surface area contributed by atoms with E-state index in [4.69, 9.17) is 25.7 Å². The fourth-order valence-electron chi connectivity index (χ4n) is 3.90. The summed E-state index contributed by atoms with van der Waals surface area (Å²) in [6.07, 6.45) is 5.51. The Labute approximate surface area is 208 Å². The van der Waals surface area contributed by atoms with Gasteiger partial charge in [-0.05, 0) is 25.5 Å². The van der Waals surface area contributed by atoms with Crippen molar-refractivity contribution in [3.63, 3.8) is 0 Å². The Morgan fingerprint density at radius 2 is 1.80 bits per heavy atom. The number of aryl methyl sites for hydroxylation is 1. The minimum absolute atomic E-state index is 0.179. The Morgan fingerprint density at radius 3 is 2.46 bits per heavy atom. The fraction of sp³-hybridized carbons (Fsp3) is 0.393. The molecule has 0 spiro atoms. The molecule has 186 valence electrons. The minimum Gasteiger partial charge on any atom is -0.493 e. The standard InChI is InChI=1S/C28H35N3O4/c1-6-17-34-20-23(32)18-31(21(3)7-2)19-24-27(22-13-9-8-10-14-22)29-30(4)28(24)35-26-16-12-11-15-25(26)33-5/h1,8-16,21,23,32H,7,17-20H2,2-5H3/t21-,23-/m1/s1. The first-order chi connectivity index (χ1) is 17.0. The average Bonchev–Trinajstić information content (AvgIpc) is 3.18. The van der Waals surface area contributed by atoms with Gasteiger partial charge in [0, 0.05) is 31.7 Å². The van der Waals surface area contributed by atoms with E-state index in [1.807, 2.05) is 61.6 Å². The van der Waals surface area contributed by atoms with Crippen LogP contribution in [-0.2, 0) is 18.3 Å². The van der Waals surface area contributed by atoms with E-state index in [2.05, 4.69) is 24.7 Å². The van der Waals surface area contributed by atoms with Crippen molar-refractivity contribution in [2.75, 3.05) is 26.9 Å². The zero-order valence-corrected chi connectivity index (χ0v) is 21.0. The summed E-state index contributed by atoms with van der Waals surface area (Å²) in [6.45, 7) is 5.60. The summed E-state index contributed by atoms with van der Waals surface area (Å²) in [6, 6.07) is 17.8. The quantitative estimate of drug-likeness (QED) is 0.289. The number of methoxy groups -OCH3 is 1. The van der Waals surface area contributed by atoms with Gasteiger partial charge in [0.25, 0.3) is 0 Å². The van der Waals surface area contributed by atoms with Crippen LogP contribution in [-0.4, -0.2) is 58.8 Å². The van der Waals surface area contributed by atoms with Crippen molar-refractivity contribution in [2.24, 2.45) is 7.05 Å². The third-order valence-corrected chi connectivity index (χ3v) is 5.93. The lowest BCUT2D eigenvalue weighted by Gasteiger charge is -2.30. The molecular formula is C28H35N3O4. The highest BCUT2D eigenvalue weighted by Gasteiger charge is 2.26. The Bertz CT molecular complexity index is 1110. The second kappa shape index (κ2) is 13.0. The molecular weight excluding hydrogens is 442 g/mol. The van der Waals surface area contributed by atoms with Crippen LogP contribution in [0.1, 0.15) is 25.8 Å². The third-order valence-electron chi connectivity index (χ3n) is 5.93. The molecule has 0 aliphatic rings. The van der Waals surface area contributed by atoms with Crippen molar-refractivity contribution in [1.82, 2.24) is 14.7 Å². The number of para-hydroxylation sites is 2. The van der Waals surface area contributed by atoms with E-state index in [1.165, 1.54) is 0 Å². The maximum atomic E-state index is 10.6. The zero-order chi connectivity index (χ0) is 25.2. The smallest absolute Gasteiger partial charge is 0.222 e. The average molecular weight is 478 g/mol. The number of nitrogens with zero attached hydrogens (tertiary/aromatic N) is 3. The third kappa shape index (κ3) is 6.86. The van der Waals surface area contributed by atoms with Crippen LogP contribution in [0.25, 0.3) is 11.3 Å². The second-order valence-electron chi connectivity index (χ2n) is 8.43. The summed E-state index contributed by atoms with van der Waals surface area (Å²) in [4.78, 5) is 2.22. The largest absolute Gasteiger partial charge is 0.493 e. The molecule has 0 fully saturated rings. The van der Waals surface area contributed by atoms with Crippen molar-refractivity contribution < 1.29 is 19.3 Å². The first-order valence-electron chi connectivity index (χ1n) is 11.8. The van der Waals surface area contributed by atoms with Crippen LogP contribution < -0.4 is 9.47 Å². The van der Waals surface area contributed by atoms with Crippen molar-refractivity contribution in [1.29, 1.82) is 0 Å². The number of aliphatic hydroxyl groups is 1. The van der Waals surface area contributed by atoms with Gasteiger partial charge in [-0.2, -0.15) is 5.10 Å². The molecule has 0 amide bonds. The van der Waals surface area contributed by atoms with E-state index in [0.29, 0.717) is 30.5 Å². The Hall–Kier alpha value is -3.31. The zero-order valence-electron chi connectivity index (χ0n) is 21.0. The normalized spacial score (nSPS) is 12.8. The molecule has 2 aromatic carbocycles. The van der Waals surface area contributed by atoms with Crippen molar-refractivity contribution in [3.05, 3.63) is 60.2 Å². The van der Waals surface area contributed by atoms with Crippen LogP contribution in [0.4, 0.5) is 0 Å². The van der Waals surface area contributed by atoms with Crippen molar-refractivity contribution >= 4 is 0 Å². The van der Waals surface area contributed by atoms with Crippen LogP contribution in [0.5, 0.6) is 17.4 Å². The van der Waals surface area contributed by atoms with E-state index in [0.717, 1.165) is 23.2 Å². The first kappa shape index (κ1) is 26.3. The van der Waals surface area contributed by atoms with Gasteiger partial charge in [0.05, 0.1) is 25.4 Å². The molecule has 0 aliphatic carbocycles. The SMILES string of the molecule is C#CCOC[C@H](O)CN(Cc1c(-c2ccccc2)nn(C)c1Oc1ccccc1OC)[C@H](C)CC. The van der Waals surface area contributed by atoms with Crippen LogP contribution >= 0.6 is 0 Å². The first-order valence-corrected chi connectivity index (χ1v) is 11.8. The van der Waals surface area contributed by atoms with Gasteiger partial charge in [0.15, 0.2) is 11.5 Å². The Morgan fingerprint density at radius 1 is 1.11 bits per heavy atom. The van der Waals surface area contributed by atoms with Gasteiger partial charge in [-0.25, -0.2) is 4.68 Å². The fourth-order valence-corrected chi connectivity index (χ4v) is 3.90. The predicted molar refractivity (Wildman–Crippen MR) is 138 cm³/mol. The number of aliphatic hydroxyl groups excluding tert-OH is 1. The molecule has 0 unspecified atom stereocenters. The number of hydrogen-bond donors (Lipinski definition) is 1. The molecule has 2 atom stereocenters. The lowest BCUT2D eigenvalue weighted by molar-refractivity contribution is 0.0169. The Balaban J connectivity index is 2.00. The topological polar surface area (TPSA) is 69.0 Å². The summed E-state index contributed by atoms with van der Waals surface area (Å²) in [7, 11) is 3.49. The summed E-state index contributed by atoms with van der Waals surface area (Å²) in [5, 5.41) is 15.5. The lowest BCUT2D eigenvalue weighted by Crippen LogP contribution is -2.40. The molecule has 0 radical (unpaired) electrons. The molecule has 0 saturated heterocycles. The van der Waals surface area contributed by atoms with Crippen LogP contribution in [0.3, 0.4) is 0 Å². The van der Waals surface area contributed by atoms with Gasteiger partial charge >= 0.3 is 0 Å².